The fourth-order valence-electron chi connectivity index (χ4n) is 3.89. The number of carbonyl (C=O) groups is 1. The zero-order valence-electron chi connectivity index (χ0n) is 18.9. The molecule has 5 aromatic rings. The van der Waals surface area contributed by atoms with Gasteiger partial charge in [-0.1, -0.05) is 36.0 Å². The van der Waals surface area contributed by atoms with Crippen LogP contribution < -0.4 is 19.5 Å². The van der Waals surface area contributed by atoms with Gasteiger partial charge in [-0.15, -0.1) is 0 Å². The first-order valence-corrected chi connectivity index (χ1v) is 11.5. The van der Waals surface area contributed by atoms with Gasteiger partial charge in [-0.3, -0.25) is 9.20 Å². The topological polar surface area (TPSA) is 87.0 Å². The molecule has 0 bridgehead atoms. The van der Waals surface area contributed by atoms with Gasteiger partial charge in [0.15, 0.2) is 16.7 Å². The van der Waals surface area contributed by atoms with Crippen LogP contribution >= 0.6 is 11.8 Å². The van der Waals surface area contributed by atoms with E-state index in [4.69, 9.17) is 24.2 Å². The number of nitrogens with zero attached hydrogens (tertiary/aromatic N) is 3. The lowest BCUT2D eigenvalue weighted by atomic mass is 10.2. The maximum atomic E-state index is 12.8. The Kier molecular flexibility index (Phi) is 5.85. The molecule has 8 nitrogen and oxygen atoms in total. The van der Waals surface area contributed by atoms with Crippen molar-refractivity contribution >= 4 is 50.9 Å². The van der Waals surface area contributed by atoms with Crippen LogP contribution in [-0.4, -0.2) is 47.4 Å². The molecule has 0 radical (unpaired) electrons. The van der Waals surface area contributed by atoms with Gasteiger partial charge in [0.25, 0.3) is 0 Å². The number of benzene rings is 3. The third kappa shape index (κ3) is 3.84. The second-order valence-corrected chi connectivity index (χ2v) is 8.36. The van der Waals surface area contributed by atoms with E-state index in [1.165, 1.54) is 33.1 Å². The zero-order chi connectivity index (χ0) is 23.7. The van der Waals surface area contributed by atoms with Gasteiger partial charge in [-0.05, 0) is 24.3 Å². The molecule has 0 atom stereocenters. The highest BCUT2D eigenvalue weighted by Crippen LogP contribution is 2.40. The summed E-state index contributed by atoms with van der Waals surface area (Å²) >= 11 is 1.35. The van der Waals surface area contributed by atoms with E-state index in [9.17, 15) is 4.79 Å². The summed E-state index contributed by atoms with van der Waals surface area (Å²) in [7, 11) is 4.60. The minimum absolute atomic E-state index is 0.156. The zero-order valence-corrected chi connectivity index (χ0v) is 19.7. The molecule has 0 aliphatic carbocycles. The normalized spacial score (nSPS) is 11.1. The van der Waals surface area contributed by atoms with Crippen molar-refractivity contribution in [2.45, 2.75) is 5.16 Å². The summed E-state index contributed by atoms with van der Waals surface area (Å²) in [6.45, 7) is 0. The van der Waals surface area contributed by atoms with Crippen molar-refractivity contribution in [1.82, 2.24) is 14.4 Å². The van der Waals surface area contributed by atoms with Crippen molar-refractivity contribution in [2.75, 3.05) is 32.4 Å². The Morgan fingerprint density at radius 2 is 1.59 bits per heavy atom. The summed E-state index contributed by atoms with van der Waals surface area (Å²) in [6.07, 6.45) is 0. The molecule has 2 aromatic heterocycles. The van der Waals surface area contributed by atoms with E-state index in [-0.39, 0.29) is 11.7 Å². The fourth-order valence-corrected chi connectivity index (χ4v) is 4.70. The average molecular weight is 475 g/mol. The second-order valence-electron chi connectivity index (χ2n) is 7.42. The molecule has 1 amide bonds. The number of fused-ring (bicyclic) bond motifs is 5. The Labute approximate surface area is 199 Å². The van der Waals surface area contributed by atoms with Gasteiger partial charge in [0.05, 0.1) is 43.6 Å². The fraction of sp³-hybridized carbons (Fsp3) is 0.160. The molecule has 0 aliphatic heterocycles. The Hall–Kier alpha value is -3.98. The van der Waals surface area contributed by atoms with Gasteiger partial charge in [0, 0.05) is 23.2 Å². The van der Waals surface area contributed by atoms with Crippen molar-refractivity contribution in [1.29, 1.82) is 0 Å². The van der Waals surface area contributed by atoms with Crippen LogP contribution in [0.5, 0.6) is 17.2 Å². The van der Waals surface area contributed by atoms with E-state index in [0.717, 1.165) is 27.6 Å². The van der Waals surface area contributed by atoms with E-state index in [1.807, 2.05) is 52.9 Å². The lowest BCUT2D eigenvalue weighted by molar-refractivity contribution is -0.113. The number of imidazole rings is 1. The van der Waals surface area contributed by atoms with Crippen LogP contribution in [-0.2, 0) is 4.79 Å². The van der Waals surface area contributed by atoms with Gasteiger partial charge < -0.3 is 19.5 Å². The van der Waals surface area contributed by atoms with Crippen molar-refractivity contribution in [3.8, 4) is 17.2 Å². The van der Waals surface area contributed by atoms with Crippen LogP contribution in [0, 0.1) is 0 Å². The lowest BCUT2D eigenvalue weighted by Crippen LogP contribution is -2.15. The molecular weight excluding hydrogens is 452 g/mol. The molecule has 2 heterocycles. The molecule has 1 N–H and O–H groups in total. The van der Waals surface area contributed by atoms with E-state index in [0.29, 0.717) is 28.1 Å². The van der Waals surface area contributed by atoms with Crippen LogP contribution in [0.3, 0.4) is 0 Å². The van der Waals surface area contributed by atoms with Gasteiger partial charge in [-0.2, -0.15) is 0 Å². The molecule has 172 valence electrons. The summed E-state index contributed by atoms with van der Waals surface area (Å²) < 4.78 is 18.1. The smallest absolute Gasteiger partial charge is 0.234 e. The van der Waals surface area contributed by atoms with E-state index < -0.39 is 0 Å². The van der Waals surface area contributed by atoms with E-state index >= 15 is 0 Å². The minimum Gasteiger partial charge on any atom is -0.493 e. The number of hydrogen-bond acceptors (Lipinski definition) is 7. The lowest BCUT2D eigenvalue weighted by Gasteiger charge is -2.14. The molecule has 0 unspecified atom stereocenters. The molecule has 9 heteroatoms. The van der Waals surface area contributed by atoms with E-state index in [2.05, 4.69) is 5.32 Å². The second kappa shape index (κ2) is 9.11. The first-order chi connectivity index (χ1) is 16.6. The first-order valence-electron chi connectivity index (χ1n) is 10.5. The number of aromatic nitrogens is 3. The molecule has 3 aromatic carbocycles. The predicted molar refractivity (Wildman–Crippen MR) is 133 cm³/mol. The Morgan fingerprint density at radius 1 is 0.912 bits per heavy atom. The number of methoxy groups -OCH3 is 3. The molecular formula is C25H22N4O4S. The number of hydrogen-bond donors (Lipinski definition) is 1. The maximum Gasteiger partial charge on any atom is 0.234 e. The number of anilines is 1. The SMILES string of the molecule is COc1cc(NC(=O)CSc2nc3ccccc3c3nc4ccccc4n23)cc(OC)c1OC. The summed E-state index contributed by atoms with van der Waals surface area (Å²) in [5.74, 6) is 1.36. The maximum absolute atomic E-state index is 12.8. The number of carbonyl (C=O) groups excluding carboxylic acids is 1. The number of amides is 1. The minimum atomic E-state index is -0.188. The number of para-hydroxylation sites is 3. The van der Waals surface area contributed by atoms with Crippen molar-refractivity contribution in [2.24, 2.45) is 0 Å². The number of ether oxygens (including phenoxy) is 3. The highest BCUT2D eigenvalue weighted by Gasteiger charge is 2.17. The van der Waals surface area contributed by atoms with Crippen LogP contribution in [0.1, 0.15) is 0 Å². The van der Waals surface area contributed by atoms with Crippen LogP contribution in [0.2, 0.25) is 0 Å². The summed E-state index contributed by atoms with van der Waals surface area (Å²) in [6, 6.07) is 19.2. The highest BCUT2D eigenvalue weighted by atomic mass is 32.2. The summed E-state index contributed by atoms with van der Waals surface area (Å²) in [4.78, 5) is 22.5. The molecule has 0 spiro atoms. The Bertz CT molecular complexity index is 1510. The molecule has 34 heavy (non-hydrogen) atoms. The van der Waals surface area contributed by atoms with Crippen LogP contribution in [0.25, 0.3) is 27.6 Å². The third-order valence-corrected chi connectivity index (χ3v) is 6.33. The van der Waals surface area contributed by atoms with Gasteiger partial charge in [0.1, 0.15) is 5.65 Å². The third-order valence-electron chi connectivity index (χ3n) is 5.39. The van der Waals surface area contributed by atoms with Gasteiger partial charge in [-0.25, -0.2) is 9.97 Å². The average Bonchev–Trinajstić information content (AvgIpc) is 3.27. The Balaban J connectivity index is 1.46. The molecule has 5 rings (SSSR count). The number of nitrogens with one attached hydrogen (secondary N) is 1. The molecule has 0 saturated carbocycles. The quantitative estimate of drug-likeness (QED) is 0.268. The summed E-state index contributed by atoms with van der Waals surface area (Å²) in [5, 5.41) is 4.56. The van der Waals surface area contributed by atoms with Gasteiger partial charge >= 0.3 is 0 Å². The monoisotopic (exact) mass is 474 g/mol. The number of rotatable bonds is 7. The first kappa shape index (κ1) is 21.8. The molecule has 0 fully saturated rings. The standard InChI is InChI=1S/C25H22N4O4S/c1-31-20-12-15(13-21(32-2)23(20)33-3)26-22(30)14-34-25-28-17-9-5-4-8-16(17)24-27-18-10-6-7-11-19(18)29(24)25/h4-13H,14H2,1-3H3,(H,26,30). The van der Waals surface area contributed by atoms with Crippen molar-refractivity contribution < 1.29 is 19.0 Å². The van der Waals surface area contributed by atoms with Crippen LogP contribution in [0.15, 0.2) is 65.8 Å². The molecule has 0 saturated heterocycles. The molecule has 0 aliphatic rings. The van der Waals surface area contributed by atoms with Gasteiger partial charge in [0.2, 0.25) is 11.7 Å². The van der Waals surface area contributed by atoms with E-state index in [1.54, 1.807) is 12.1 Å². The van der Waals surface area contributed by atoms with Crippen LogP contribution in [0.4, 0.5) is 5.69 Å². The predicted octanol–water partition coefficient (Wildman–Crippen LogP) is 4.79. The van der Waals surface area contributed by atoms with Crippen molar-refractivity contribution in [3.63, 3.8) is 0 Å². The summed E-state index contributed by atoms with van der Waals surface area (Å²) in [5.41, 5.74) is 4.02. The van der Waals surface area contributed by atoms with Crippen molar-refractivity contribution in [3.05, 3.63) is 60.7 Å². The number of thioether (sulfide) groups is 1. The largest absolute Gasteiger partial charge is 0.493 e. The Morgan fingerprint density at radius 3 is 2.29 bits per heavy atom. The highest BCUT2D eigenvalue weighted by molar-refractivity contribution is 7.99.